The Hall–Kier alpha value is -7.14. The predicted molar refractivity (Wildman–Crippen MR) is 408 cm³/mol. The van der Waals surface area contributed by atoms with Crippen LogP contribution in [-0.2, 0) is 32.1 Å². The van der Waals surface area contributed by atoms with Gasteiger partial charge in [0.05, 0.1) is 39.1 Å². The predicted octanol–water partition coefficient (Wildman–Crippen LogP) is 23.4. The summed E-state index contributed by atoms with van der Waals surface area (Å²) in [4.78, 5) is 28.3. The van der Waals surface area contributed by atoms with Gasteiger partial charge in [0.15, 0.2) is 23.3 Å². The third-order valence-electron chi connectivity index (χ3n) is 17.7. The molecule has 0 aliphatic rings. The van der Waals surface area contributed by atoms with Crippen LogP contribution in [0.4, 0.5) is 0 Å². The van der Waals surface area contributed by atoms with Gasteiger partial charge in [-0.05, 0) is 269 Å². The number of fused-ring (bicyclic) bond motifs is 7. The molecular weight excluding hydrogens is 1450 g/mol. The number of halogens is 3. The number of aryl methyl sites for hydroxylation is 5. The number of benzene rings is 9. The van der Waals surface area contributed by atoms with Gasteiger partial charge in [0, 0.05) is 71.3 Å². The fourth-order valence-corrected chi connectivity index (χ4v) is 15.9. The van der Waals surface area contributed by atoms with E-state index in [2.05, 4.69) is 300 Å². The van der Waals surface area contributed by atoms with Gasteiger partial charge in [-0.15, -0.1) is 0 Å². The van der Waals surface area contributed by atoms with E-state index < -0.39 is 0 Å². The molecule has 9 aromatic carbocycles. The first kappa shape index (κ1) is 62.7. The van der Waals surface area contributed by atoms with Crippen molar-refractivity contribution in [2.24, 2.45) is 0 Å². The second-order valence-electron chi connectivity index (χ2n) is 24.5. The molecule has 0 aliphatic carbocycles. The van der Waals surface area contributed by atoms with Gasteiger partial charge in [-0.25, -0.2) is 24.9 Å². The zero-order valence-corrected chi connectivity index (χ0v) is 59.2. The Labute approximate surface area is 577 Å². The van der Waals surface area contributed by atoms with Crippen molar-refractivity contribution in [3.05, 3.63) is 227 Å². The maximum Gasteiger partial charge on any atom is 0.166 e. The summed E-state index contributed by atoms with van der Waals surface area (Å²) in [6.45, 7) is 11.4. The average Bonchev–Trinajstić information content (AvgIpc) is 1.55. The Morgan fingerprint density at radius 1 is 0.319 bits per heavy atom. The van der Waals surface area contributed by atoms with Gasteiger partial charge in [-0.2, -0.15) is 0 Å². The van der Waals surface area contributed by atoms with E-state index in [0.717, 1.165) is 176 Å². The smallest absolute Gasteiger partial charge is 0.166 e. The van der Waals surface area contributed by atoms with E-state index in [4.69, 9.17) is 24.9 Å². The molecule has 0 amide bonds. The lowest BCUT2D eigenvalue weighted by Gasteiger charge is -2.18. The second-order valence-corrected chi connectivity index (χ2v) is 28.2. The number of nitrogens with zero attached hydrogens (tertiary/aromatic N) is 7. The monoisotopic (exact) mass is 1530 g/mol. The van der Waals surface area contributed by atoms with Crippen LogP contribution in [0, 0.1) is 10.7 Å². The van der Waals surface area contributed by atoms with Crippen LogP contribution in [0.15, 0.2) is 188 Å². The van der Waals surface area contributed by atoms with E-state index in [1.165, 1.54) is 58.6 Å². The summed E-state index contributed by atoms with van der Waals surface area (Å²) in [5.74, 6) is 2.65. The SMILES string of the molecule is CCCCc1cc(I)cc(-c2nc(-c3cc(I)cc(I)c3)cc(-c3ccc(-n4c5ccccc5c5c4ccc4c6ccccc6n(-c6ccccc6)c45)c(-c4nc(-c5cc(CCCC)cc(CCCC)c5)nc(-c5cc(CCCC)cc(CCCC)c5)n4)c3)n2)c1. The molecule has 0 unspecified atom stereocenters. The minimum absolute atomic E-state index is 0.602. The van der Waals surface area contributed by atoms with E-state index >= 15 is 0 Å². The van der Waals surface area contributed by atoms with E-state index in [0.29, 0.717) is 23.3 Å². The minimum Gasteiger partial charge on any atom is -0.309 e. The molecule has 13 rings (SSSR count). The Morgan fingerprint density at radius 2 is 0.769 bits per heavy atom. The van der Waals surface area contributed by atoms with Crippen molar-refractivity contribution >= 4 is 111 Å². The first-order valence-electron chi connectivity index (χ1n) is 32.9. The van der Waals surface area contributed by atoms with Crippen molar-refractivity contribution in [3.8, 4) is 79.4 Å². The highest BCUT2D eigenvalue weighted by atomic mass is 127. The molecule has 0 bridgehead atoms. The molecule has 13 aromatic rings. The van der Waals surface area contributed by atoms with E-state index in [9.17, 15) is 0 Å². The standard InChI is InChI=1S/C81H76I3N7/c1-6-11-23-52-38-53(24-12-7-2)41-59(40-52)79-87-80(60-42-54(25-13-8-3)39-55(43-60)26-14-9-4)89-81(88-79)69-49-57(70-51-71(58-46-63(83)50-64(84)47-58)86-78(85-70)61-44-56(27-15-10-5)45-62(82)48-61)34-36-74(69)91-73-33-22-20-31-68(73)76-75(91)37-35-67-66-30-19-21-32-72(66)90(77(67)76)65-28-17-16-18-29-65/h16-22,28-51H,6-15,23-27H2,1-5H3. The van der Waals surface area contributed by atoms with Gasteiger partial charge in [-0.3, -0.25) is 0 Å². The van der Waals surface area contributed by atoms with Gasteiger partial charge < -0.3 is 9.13 Å². The first-order chi connectivity index (χ1) is 44.6. The lowest BCUT2D eigenvalue weighted by atomic mass is 9.97. The summed E-state index contributed by atoms with van der Waals surface area (Å²) in [6, 6.07) is 70.1. The van der Waals surface area contributed by atoms with Crippen LogP contribution in [0.1, 0.15) is 127 Å². The van der Waals surface area contributed by atoms with Crippen LogP contribution < -0.4 is 0 Å². The third-order valence-corrected chi connectivity index (χ3v) is 19.6. The summed E-state index contributed by atoms with van der Waals surface area (Å²) in [5.41, 5.74) is 20.8. The molecule has 0 radical (unpaired) electrons. The first-order valence-corrected chi connectivity index (χ1v) is 36.2. The highest BCUT2D eigenvalue weighted by molar-refractivity contribution is 14.1. The summed E-state index contributed by atoms with van der Waals surface area (Å²) in [7, 11) is 0. The van der Waals surface area contributed by atoms with Crippen LogP contribution in [-0.4, -0.2) is 34.1 Å². The summed E-state index contributed by atoms with van der Waals surface area (Å²) in [6.07, 6.45) is 16.2. The van der Waals surface area contributed by atoms with Gasteiger partial charge in [0.2, 0.25) is 0 Å². The van der Waals surface area contributed by atoms with Crippen LogP contribution in [0.25, 0.3) is 123 Å². The zero-order chi connectivity index (χ0) is 62.5. The quantitative estimate of drug-likeness (QED) is 0.0597. The van der Waals surface area contributed by atoms with Crippen molar-refractivity contribution in [1.82, 2.24) is 34.1 Å². The molecule has 0 N–H and O–H groups in total. The number of para-hydroxylation sites is 3. The minimum atomic E-state index is 0.602. The third kappa shape index (κ3) is 13.4. The lowest BCUT2D eigenvalue weighted by Crippen LogP contribution is -2.05. The topological polar surface area (TPSA) is 74.3 Å². The van der Waals surface area contributed by atoms with Crippen molar-refractivity contribution in [2.75, 3.05) is 0 Å². The van der Waals surface area contributed by atoms with E-state index in [1.807, 2.05) is 0 Å². The van der Waals surface area contributed by atoms with Crippen LogP contribution in [0.5, 0.6) is 0 Å². The number of hydrogen-bond donors (Lipinski definition) is 0. The summed E-state index contributed by atoms with van der Waals surface area (Å²) in [5, 5.41) is 4.77. The molecule has 0 saturated heterocycles. The number of rotatable bonds is 23. The number of unbranched alkanes of at least 4 members (excludes halogenated alkanes) is 5. The number of hydrogen-bond acceptors (Lipinski definition) is 5. The van der Waals surface area contributed by atoms with Gasteiger partial charge >= 0.3 is 0 Å². The Morgan fingerprint density at radius 3 is 1.33 bits per heavy atom. The fraction of sp³-hybridized carbons (Fsp3) is 0.247. The second kappa shape index (κ2) is 28.4. The molecule has 4 heterocycles. The summed E-state index contributed by atoms with van der Waals surface area (Å²) < 4.78 is 8.41. The maximum absolute atomic E-state index is 5.80. The van der Waals surface area contributed by atoms with Crippen LogP contribution >= 0.6 is 67.8 Å². The normalized spacial score (nSPS) is 11.7. The Kier molecular flexibility index (Phi) is 19.5. The molecule has 7 nitrogen and oxygen atoms in total. The van der Waals surface area contributed by atoms with Gasteiger partial charge in [0.25, 0.3) is 0 Å². The highest BCUT2D eigenvalue weighted by Gasteiger charge is 2.26. The van der Waals surface area contributed by atoms with E-state index in [1.54, 1.807) is 0 Å². The average molecular weight is 1530 g/mol. The molecule has 0 spiro atoms. The molecular formula is C81H76I3N7. The lowest BCUT2D eigenvalue weighted by molar-refractivity contribution is 0.780. The molecule has 0 aliphatic heterocycles. The molecule has 0 atom stereocenters. The van der Waals surface area contributed by atoms with Crippen molar-refractivity contribution < 1.29 is 0 Å². The maximum atomic E-state index is 5.80. The highest BCUT2D eigenvalue weighted by Crippen LogP contribution is 2.45. The van der Waals surface area contributed by atoms with Gasteiger partial charge in [0.1, 0.15) is 0 Å². The van der Waals surface area contributed by atoms with Crippen molar-refractivity contribution in [3.63, 3.8) is 0 Å². The molecule has 4 aromatic heterocycles. The van der Waals surface area contributed by atoms with Gasteiger partial charge in [-0.1, -0.05) is 146 Å². The van der Waals surface area contributed by atoms with Crippen molar-refractivity contribution in [1.29, 1.82) is 0 Å². The van der Waals surface area contributed by atoms with E-state index in [-0.39, 0.29) is 0 Å². The van der Waals surface area contributed by atoms with Crippen LogP contribution in [0.3, 0.4) is 0 Å². The summed E-state index contributed by atoms with van der Waals surface area (Å²) >= 11 is 7.33. The number of aromatic nitrogens is 7. The Bertz CT molecular complexity index is 4660. The van der Waals surface area contributed by atoms with Crippen LogP contribution in [0.2, 0.25) is 0 Å². The fourth-order valence-electron chi connectivity index (χ4n) is 13.2. The molecule has 456 valence electrons. The molecule has 0 saturated carbocycles. The Balaban J connectivity index is 1.14. The largest absolute Gasteiger partial charge is 0.309 e. The van der Waals surface area contributed by atoms with Crippen molar-refractivity contribution in [2.45, 2.75) is 131 Å². The molecule has 0 fully saturated rings. The molecule has 10 heteroatoms. The molecule has 91 heavy (non-hydrogen) atoms. The zero-order valence-electron chi connectivity index (χ0n) is 52.8.